The van der Waals surface area contributed by atoms with Gasteiger partial charge < -0.3 is 19.5 Å². The molecule has 1 unspecified atom stereocenters. The highest BCUT2D eigenvalue weighted by Crippen LogP contribution is 2.42. The summed E-state index contributed by atoms with van der Waals surface area (Å²) >= 11 is 1.24. The lowest BCUT2D eigenvalue weighted by Gasteiger charge is -2.24. The first-order chi connectivity index (χ1) is 12.1. The third-order valence-electron chi connectivity index (χ3n) is 4.16. The Labute approximate surface area is 148 Å². The molecule has 1 atom stereocenters. The van der Waals surface area contributed by atoms with Crippen LogP contribution in [0.5, 0.6) is 11.5 Å². The number of rotatable bonds is 5. The normalized spacial score (nSPS) is 17.7. The van der Waals surface area contributed by atoms with Crippen LogP contribution in [-0.4, -0.2) is 34.4 Å². The van der Waals surface area contributed by atoms with Gasteiger partial charge in [-0.1, -0.05) is 24.3 Å². The molecule has 0 radical (unpaired) electrons. The first-order valence-corrected chi connectivity index (χ1v) is 8.80. The van der Waals surface area contributed by atoms with Crippen molar-refractivity contribution in [2.45, 2.75) is 11.9 Å². The van der Waals surface area contributed by atoms with Crippen LogP contribution in [0.25, 0.3) is 0 Å². The topological polar surface area (TPSA) is 76.1 Å². The zero-order chi connectivity index (χ0) is 17.4. The number of hydrogen-bond donors (Lipinski definition) is 1. The van der Waals surface area contributed by atoms with E-state index in [1.54, 1.807) is 11.0 Å². The van der Waals surface area contributed by atoms with E-state index >= 15 is 0 Å². The van der Waals surface area contributed by atoms with Crippen molar-refractivity contribution >= 4 is 23.6 Å². The first-order valence-electron chi connectivity index (χ1n) is 7.75. The number of carbonyl (C=O) groups is 2. The van der Waals surface area contributed by atoms with Crippen LogP contribution in [0.2, 0.25) is 0 Å². The van der Waals surface area contributed by atoms with Gasteiger partial charge >= 0.3 is 5.97 Å². The van der Waals surface area contributed by atoms with Gasteiger partial charge in [0.05, 0.1) is 5.75 Å². The maximum absolute atomic E-state index is 12.8. The van der Waals surface area contributed by atoms with E-state index in [-0.39, 0.29) is 23.8 Å². The molecule has 2 aliphatic heterocycles. The maximum Gasteiger partial charge on any atom is 0.313 e. The molecule has 2 aromatic carbocycles. The maximum atomic E-state index is 12.8. The minimum absolute atomic E-state index is 0.0656. The van der Waals surface area contributed by atoms with E-state index in [9.17, 15) is 9.59 Å². The number of benzene rings is 2. The van der Waals surface area contributed by atoms with Crippen molar-refractivity contribution in [2.75, 3.05) is 12.5 Å². The Bertz CT molecular complexity index is 853. The molecule has 0 saturated heterocycles. The fourth-order valence-electron chi connectivity index (χ4n) is 3.06. The minimum atomic E-state index is -0.898. The first kappa shape index (κ1) is 15.8. The number of aliphatic carboxylic acids is 1. The number of ether oxygens (including phenoxy) is 2. The van der Waals surface area contributed by atoms with Crippen LogP contribution < -0.4 is 9.47 Å². The third-order valence-corrected chi connectivity index (χ3v) is 5.39. The van der Waals surface area contributed by atoms with Gasteiger partial charge in [-0.3, -0.25) is 9.59 Å². The van der Waals surface area contributed by atoms with Crippen molar-refractivity contribution in [3.8, 4) is 11.5 Å². The number of hydrogen-bond acceptors (Lipinski definition) is 5. The predicted octanol–water partition coefficient (Wildman–Crippen LogP) is 2.89. The Hall–Kier alpha value is -2.67. The zero-order valence-electron chi connectivity index (χ0n) is 13.2. The van der Waals surface area contributed by atoms with Crippen LogP contribution in [0.1, 0.15) is 26.9 Å². The summed E-state index contributed by atoms with van der Waals surface area (Å²) in [6.45, 7) is 0.575. The van der Waals surface area contributed by atoms with Gasteiger partial charge in [-0.2, -0.15) is 0 Å². The lowest BCUT2D eigenvalue weighted by Crippen LogP contribution is -2.26. The van der Waals surface area contributed by atoms with Gasteiger partial charge in [0.15, 0.2) is 11.5 Å². The molecule has 0 fully saturated rings. The summed E-state index contributed by atoms with van der Waals surface area (Å²) < 4.78 is 10.7. The molecule has 1 amide bonds. The van der Waals surface area contributed by atoms with Crippen molar-refractivity contribution < 1.29 is 24.2 Å². The third kappa shape index (κ3) is 2.91. The minimum Gasteiger partial charge on any atom is -0.481 e. The molecule has 128 valence electrons. The van der Waals surface area contributed by atoms with E-state index in [0.29, 0.717) is 23.6 Å². The summed E-state index contributed by atoms with van der Waals surface area (Å²) in [7, 11) is 0. The summed E-state index contributed by atoms with van der Waals surface area (Å²) in [4.78, 5) is 25.5. The number of fused-ring (bicyclic) bond motifs is 2. The van der Waals surface area contributed by atoms with Gasteiger partial charge in [0, 0.05) is 12.1 Å². The molecular formula is C18H15NO5S. The fraction of sp³-hybridized carbons (Fsp3) is 0.222. The highest BCUT2D eigenvalue weighted by molar-refractivity contribution is 8.00. The Morgan fingerprint density at radius 2 is 2.00 bits per heavy atom. The van der Waals surface area contributed by atoms with Crippen molar-refractivity contribution in [1.82, 2.24) is 4.90 Å². The molecule has 25 heavy (non-hydrogen) atoms. The summed E-state index contributed by atoms with van der Waals surface area (Å²) in [5.41, 5.74) is 2.40. The molecule has 1 N–H and O–H groups in total. The SMILES string of the molecule is O=C(O)CSC1c2ccccc2C(=O)N1Cc1ccc2c(c1)OCO2. The van der Waals surface area contributed by atoms with Crippen molar-refractivity contribution in [3.63, 3.8) is 0 Å². The van der Waals surface area contributed by atoms with Gasteiger partial charge in [0.25, 0.3) is 5.91 Å². The fourth-order valence-corrected chi connectivity index (χ4v) is 4.09. The Morgan fingerprint density at radius 3 is 2.84 bits per heavy atom. The van der Waals surface area contributed by atoms with Crippen LogP contribution in [0.3, 0.4) is 0 Å². The second-order valence-corrected chi connectivity index (χ2v) is 6.83. The largest absolute Gasteiger partial charge is 0.481 e. The van der Waals surface area contributed by atoms with Crippen LogP contribution in [0, 0.1) is 0 Å². The highest BCUT2D eigenvalue weighted by atomic mass is 32.2. The molecule has 7 heteroatoms. The Balaban J connectivity index is 1.62. The molecule has 2 heterocycles. The number of thioether (sulfide) groups is 1. The van der Waals surface area contributed by atoms with E-state index in [2.05, 4.69) is 0 Å². The molecule has 2 aromatic rings. The zero-order valence-corrected chi connectivity index (χ0v) is 14.0. The van der Waals surface area contributed by atoms with E-state index in [1.165, 1.54) is 11.8 Å². The van der Waals surface area contributed by atoms with Crippen LogP contribution in [0.4, 0.5) is 0 Å². The standard InChI is InChI=1S/C18H15NO5S/c20-16(21)9-25-18-13-4-2-1-3-12(13)17(22)19(18)8-11-5-6-14-15(7-11)24-10-23-14/h1-7,18H,8-10H2,(H,20,21). The van der Waals surface area contributed by atoms with Crippen molar-refractivity contribution in [3.05, 3.63) is 59.2 Å². The van der Waals surface area contributed by atoms with Crippen LogP contribution in [-0.2, 0) is 11.3 Å². The number of carbonyl (C=O) groups excluding carboxylic acids is 1. The summed E-state index contributed by atoms with van der Waals surface area (Å²) in [6.07, 6.45) is 0. The van der Waals surface area contributed by atoms with Crippen molar-refractivity contribution in [2.24, 2.45) is 0 Å². The van der Waals surface area contributed by atoms with E-state index in [0.717, 1.165) is 11.1 Å². The van der Waals surface area contributed by atoms with Gasteiger partial charge in [-0.25, -0.2) is 0 Å². The summed E-state index contributed by atoms with van der Waals surface area (Å²) in [6, 6.07) is 12.9. The van der Waals surface area contributed by atoms with E-state index in [1.807, 2.05) is 36.4 Å². The number of carboxylic acid groups (broad SMARTS) is 1. The molecule has 0 spiro atoms. The number of nitrogens with zero attached hydrogens (tertiary/aromatic N) is 1. The van der Waals surface area contributed by atoms with Gasteiger partial charge in [0.2, 0.25) is 6.79 Å². The van der Waals surface area contributed by atoms with Gasteiger partial charge in [0.1, 0.15) is 5.37 Å². The number of carboxylic acids is 1. The molecule has 2 aliphatic rings. The second kappa shape index (κ2) is 6.33. The molecule has 0 aliphatic carbocycles. The predicted molar refractivity (Wildman–Crippen MR) is 91.7 cm³/mol. The van der Waals surface area contributed by atoms with Crippen LogP contribution in [0.15, 0.2) is 42.5 Å². The van der Waals surface area contributed by atoms with Gasteiger partial charge in [-0.15, -0.1) is 11.8 Å². The van der Waals surface area contributed by atoms with Gasteiger partial charge in [-0.05, 0) is 29.3 Å². The van der Waals surface area contributed by atoms with Crippen molar-refractivity contribution in [1.29, 1.82) is 0 Å². The lowest BCUT2D eigenvalue weighted by molar-refractivity contribution is -0.133. The average molecular weight is 357 g/mol. The molecule has 0 aromatic heterocycles. The lowest BCUT2D eigenvalue weighted by atomic mass is 10.1. The average Bonchev–Trinajstić information content (AvgIpc) is 3.17. The molecule has 4 rings (SSSR count). The van der Waals surface area contributed by atoms with E-state index in [4.69, 9.17) is 14.6 Å². The highest BCUT2D eigenvalue weighted by Gasteiger charge is 2.37. The second-order valence-electron chi connectivity index (χ2n) is 5.77. The monoisotopic (exact) mass is 357 g/mol. The smallest absolute Gasteiger partial charge is 0.313 e. The molecule has 0 bridgehead atoms. The molecular weight excluding hydrogens is 342 g/mol. The molecule has 0 saturated carbocycles. The summed E-state index contributed by atoms with van der Waals surface area (Å²) in [5.74, 6) is 0.304. The quantitative estimate of drug-likeness (QED) is 0.887. The molecule has 6 nitrogen and oxygen atoms in total. The Kier molecular flexibility index (Phi) is 4.01. The van der Waals surface area contributed by atoms with E-state index < -0.39 is 5.97 Å². The Morgan fingerprint density at radius 1 is 1.20 bits per heavy atom. The summed E-state index contributed by atoms with van der Waals surface area (Å²) in [5, 5.41) is 8.70. The van der Waals surface area contributed by atoms with Crippen LogP contribution >= 0.6 is 11.8 Å². The number of amides is 1.